The number of rotatable bonds is 5. The summed E-state index contributed by atoms with van der Waals surface area (Å²) < 4.78 is 0. The summed E-state index contributed by atoms with van der Waals surface area (Å²) in [6.45, 7) is 6.08. The predicted molar refractivity (Wildman–Crippen MR) is 67.6 cm³/mol. The maximum absolute atomic E-state index is 11.9. The monoisotopic (exact) mass is 250 g/mol. The topological polar surface area (TPSA) is 79.3 Å². The number of aromatic carboxylic acids is 1. The summed E-state index contributed by atoms with van der Waals surface area (Å²) in [7, 11) is 0. The number of aromatic nitrogens is 1. The first kappa shape index (κ1) is 14.2. The lowest BCUT2D eigenvalue weighted by Gasteiger charge is -2.20. The average molecular weight is 250 g/mol. The Morgan fingerprint density at radius 2 is 2.06 bits per heavy atom. The molecule has 0 aliphatic heterocycles. The molecule has 5 heteroatoms. The number of pyridine rings is 1. The molecule has 0 spiro atoms. The molecule has 0 bridgehead atoms. The summed E-state index contributed by atoms with van der Waals surface area (Å²) >= 11 is 0. The van der Waals surface area contributed by atoms with Crippen molar-refractivity contribution in [1.29, 1.82) is 0 Å². The minimum absolute atomic E-state index is 0.0717. The van der Waals surface area contributed by atoms with Crippen LogP contribution in [0.15, 0.2) is 18.3 Å². The molecule has 0 aromatic carbocycles. The van der Waals surface area contributed by atoms with E-state index in [1.54, 1.807) is 0 Å². The molecule has 1 rings (SSSR count). The maximum Gasteiger partial charge on any atom is 0.337 e. The number of carbonyl (C=O) groups excluding carboxylic acids is 1. The van der Waals surface area contributed by atoms with E-state index >= 15 is 0 Å². The Hall–Kier alpha value is -1.91. The van der Waals surface area contributed by atoms with E-state index in [0.29, 0.717) is 5.92 Å². The van der Waals surface area contributed by atoms with Crippen molar-refractivity contribution >= 4 is 11.9 Å². The van der Waals surface area contributed by atoms with Crippen LogP contribution in [0, 0.1) is 5.92 Å². The first-order chi connectivity index (χ1) is 8.45. The maximum atomic E-state index is 11.9. The van der Waals surface area contributed by atoms with E-state index in [1.807, 2.05) is 20.8 Å². The number of nitrogens with one attached hydrogen (secondary N) is 1. The summed E-state index contributed by atoms with van der Waals surface area (Å²) in [5.74, 6) is -0.979. The lowest BCUT2D eigenvalue weighted by molar-refractivity contribution is 0.0695. The fourth-order valence-corrected chi connectivity index (χ4v) is 1.64. The zero-order chi connectivity index (χ0) is 13.7. The molecule has 0 saturated heterocycles. The first-order valence-corrected chi connectivity index (χ1v) is 5.96. The molecular formula is C13H18N2O3. The average Bonchev–Trinajstić information content (AvgIpc) is 2.35. The van der Waals surface area contributed by atoms with Crippen LogP contribution in [0.1, 0.15) is 48.0 Å². The molecule has 0 radical (unpaired) electrons. The van der Waals surface area contributed by atoms with Gasteiger partial charge in [-0.25, -0.2) is 4.79 Å². The largest absolute Gasteiger partial charge is 0.478 e. The van der Waals surface area contributed by atoms with Crippen molar-refractivity contribution in [2.24, 2.45) is 5.92 Å². The van der Waals surface area contributed by atoms with Gasteiger partial charge in [0.15, 0.2) is 0 Å². The van der Waals surface area contributed by atoms with Crippen molar-refractivity contribution in [3.8, 4) is 0 Å². The third kappa shape index (κ3) is 3.55. The molecule has 1 atom stereocenters. The van der Waals surface area contributed by atoms with Crippen molar-refractivity contribution < 1.29 is 14.7 Å². The van der Waals surface area contributed by atoms with Crippen LogP contribution in [-0.4, -0.2) is 28.0 Å². The highest BCUT2D eigenvalue weighted by Crippen LogP contribution is 2.07. The molecule has 1 aromatic rings. The van der Waals surface area contributed by atoms with Gasteiger partial charge in [-0.1, -0.05) is 20.8 Å². The SMILES string of the molecule is CCC(NC(=O)c1ccc(C(=O)O)cn1)C(C)C. The molecule has 0 fully saturated rings. The smallest absolute Gasteiger partial charge is 0.337 e. The van der Waals surface area contributed by atoms with Crippen molar-refractivity contribution in [3.63, 3.8) is 0 Å². The van der Waals surface area contributed by atoms with E-state index in [-0.39, 0.29) is 23.2 Å². The van der Waals surface area contributed by atoms with Crippen molar-refractivity contribution in [2.45, 2.75) is 33.2 Å². The van der Waals surface area contributed by atoms with Gasteiger partial charge in [0.2, 0.25) is 0 Å². The second-order valence-electron chi connectivity index (χ2n) is 4.47. The minimum Gasteiger partial charge on any atom is -0.478 e. The quantitative estimate of drug-likeness (QED) is 0.837. The summed E-state index contributed by atoms with van der Waals surface area (Å²) in [5, 5.41) is 11.6. The van der Waals surface area contributed by atoms with E-state index in [4.69, 9.17) is 5.11 Å². The molecular weight excluding hydrogens is 232 g/mol. The van der Waals surface area contributed by atoms with Gasteiger partial charge in [0, 0.05) is 12.2 Å². The highest BCUT2D eigenvalue weighted by molar-refractivity contribution is 5.93. The van der Waals surface area contributed by atoms with Gasteiger partial charge in [0.1, 0.15) is 5.69 Å². The molecule has 1 heterocycles. The molecule has 18 heavy (non-hydrogen) atoms. The highest BCUT2D eigenvalue weighted by Gasteiger charge is 2.16. The molecule has 0 aliphatic rings. The Balaban J connectivity index is 2.75. The second kappa shape index (κ2) is 6.14. The summed E-state index contributed by atoms with van der Waals surface area (Å²) in [6, 6.07) is 2.89. The van der Waals surface area contributed by atoms with Crippen LogP contribution in [0.5, 0.6) is 0 Å². The van der Waals surface area contributed by atoms with Gasteiger partial charge < -0.3 is 10.4 Å². The Kier molecular flexibility index (Phi) is 4.83. The van der Waals surface area contributed by atoms with E-state index in [0.717, 1.165) is 6.42 Å². The van der Waals surface area contributed by atoms with Crippen LogP contribution < -0.4 is 5.32 Å². The Bertz CT molecular complexity index is 426. The van der Waals surface area contributed by atoms with Crippen molar-refractivity contribution in [3.05, 3.63) is 29.6 Å². The Labute approximate surface area is 106 Å². The number of hydrogen-bond donors (Lipinski definition) is 2. The molecule has 1 aromatic heterocycles. The van der Waals surface area contributed by atoms with Crippen molar-refractivity contribution in [1.82, 2.24) is 10.3 Å². The lowest BCUT2D eigenvalue weighted by atomic mass is 10.0. The van der Waals surface area contributed by atoms with Gasteiger partial charge in [-0.15, -0.1) is 0 Å². The van der Waals surface area contributed by atoms with E-state index in [1.165, 1.54) is 18.3 Å². The van der Waals surface area contributed by atoms with Gasteiger partial charge in [-0.3, -0.25) is 9.78 Å². The molecule has 1 amide bonds. The van der Waals surface area contributed by atoms with Crippen LogP contribution in [0.4, 0.5) is 0 Å². The van der Waals surface area contributed by atoms with Gasteiger partial charge in [0.25, 0.3) is 5.91 Å². The highest BCUT2D eigenvalue weighted by atomic mass is 16.4. The van der Waals surface area contributed by atoms with Crippen LogP contribution >= 0.6 is 0 Å². The number of nitrogens with zero attached hydrogens (tertiary/aromatic N) is 1. The number of hydrogen-bond acceptors (Lipinski definition) is 3. The zero-order valence-corrected chi connectivity index (χ0v) is 10.8. The van der Waals surface area contributed by atoms with Gasteiger partial charge in [-0.2, -0.15) is 0 Å². The Morgan fingerprint density at radius 1 is 1.39 bits per heavy atom. The van der Waals surface area contributed by atoms with Crippen LogP contribution in [0.25, 0.3) is 0 Å². The van der Waals surface area contributed by atoms with E-state index < -0.39 is 5.97 Å². The third-order valence-electron chi connectivity index (χ3n) is 2.80. The molecule has 2 N–H and O–H groups in total. The van der Waals surface area contributed by atoms with Crippen LogP contribution in [0.3, 0.4) is 0 Å². The van der Waals surface area contributed by atoms with Crippen LogP contribution in [-0.2, 0) is 0 Å². The first-order valence-electron chi connectivity index (χ1n) is 5.96. The summed E-state index contributed by atoms with van der Waals surface area (Å²) in [5.41, 5.74) is 0.307. The van der Waals surface area contributed by atoms with Gasteiger partial charge in [-0.05, 0) is 24.5 Å². The van der Waals surface area contributed by atoms with E-state index in [2.05, 4.69) is 10.3 Å². The fourth-order valence-electron chi connectivity index (χ4n) is 1.64. The zero-order valence-electron chi connectivity index (χ0n) is 10.8. The van der Waals surface area contributed by atoms with Crippen LogP contribution in [0.2, 0.25) is 0 Å². The standard InChI is InChI=1S/C13H18N2O3/c1-4-10(8(2)3)15-12(16)11-6-5-9(7-14-11)13(17)18/h5-8,10H,4H2,1-3H3,(H,15,16)(H,17,18). The molecule has 1 unspecified atom stereocenters. The summed E-state index contributed by atoms with van der Waals surface area (Å²) in [6.07, 6.45) is 2.03. The lowest BCUT2D eigenvalue weighted by Crippen LogP contribution is -2.38. The number of carboxylic acids is 1. The van der Waals surface area contributed by atoms with Gasteiger partial charge in [0.05, 0.1) is 5.56 Å². The minimum atomic E-state index is -1.05. The number of amides is 1. The van der Waals surface area contributed by atoms with Crippen molar-refractivity contribution in [2.75, 3.05) is 0 Å². The second-order valence-corrected chi connectivity index (χ2v) is 4.47. The molecule has 5 nitrogen and oxygen atoms in total. The number of carbonyl (C=O) groups is 2. The normalized spacial score (nSPS) is 12.2. The third-order valence-corrected chi connectivity index (χ3v) is 2.80. The number of carboxylic acid groups (broad SMARTS) is 1. The molecule has 0 aliphatic carbocycles. The molecule has 0 saturated carbocycles. The van der Waals surface area contributed by atoms with Gasteiger partial charge >= 0.3 is 5.97 Å². The fraction of sp³-hybridized carbons (Fsp3) is 0.462. The summed E-state index contributed by atoms with van der Waals surface area (Å²) in [4.78, 5) is 26.4. The molecule has 98 valence electrons. The predicted octanol–water partition coefficient (Wildman–Crippen LogP) is 1.94. The Morgan fingerprint density at radius 3 is 2.44 bits per heavy atom. The van der Waals surface area contributed by atoms with E-state index in [9.17, 15) is 9.59 Å².